The van der Waals surface area contributed by atoms with E-state index < -0.39 is 0 Å². The molecule has 10 rings (SSSR count). The first-order valence-corrected chi connectivity index (χ1v) is 17.1. The lowest BCUT2D eigenvalue weighted by molar-refractivity contribution is 0.620. The highest BCUT2D eigenvalue weighted by atomic mass is 16.4. The van der Waals surface area contributed by atoms with Crippen LogP contribution in [0.15, 0.2) is 191 Å². The summed E-state index contributed by atoms with van der Waals surface area (Å²) in [4.78, 5) is 7.19. The molecule has 0 radical (unpaired) electrons. The van der Waals surface area contributed by atoms with Gasteiger partial charge in [0.15, 0.2) is 5.58 Å². The number of rotatable bonds is 6. The smallest absolute Gasteiger partial charge is 0.227 e. The molecule has 0 atom stereocenters. The third-order valence-electron chi connectivity index (χ3n) is 9.70. The fraction of sp³-hybridized carbons (Fsp3) is 0. The van der Waals surface area contributed by atoms with E-state index in [0.717, 1.165) is 61.2 Å². The number of oxazole rings is 1. The molecule has 4 heteroatoms. The molecular formula is C47H30N2O2. The Labute approximate surface area is 294 Å². The van der Waals surface area contributed by atoms with E-state index in [2.05, 4.69) is 144 Å². The van der Waals surface area contributed by atoms with Crippen molar-refractivity contribution in [3.05, 3.63) is 182 Å². The Balaban J connectivity index is 1.22. The number of furan rings is 1. The molecule has 0 N–H and O–H groups in total. The van der Waals surface area contributed by atoms with Crippen LogP contribution >= 0.6 is 0 Å². The molecule has 51 heavy (non-hydrogen) atoms. The summed E-state index contributed by atoms with van der Waals surface area (Å²) < 4.78 is 12.9. The molecule has 0 saturated carbocycles. The van der Waals surface area contributed by atoms with Crippen LogP contribution in [0.5, 0.6) is 0 Å². The minimum Gasteiger partial charge on any atom is -0.456 e. The van der Waals surface area contributed by atoms with E-state index in [1.807, 2.05) is 42.5 Å². The Morgan fingerprint density at radius 1 is 0.412 bits per heavy atom. The number of anilines is 3. The summed E-state index contributed by atoms with van der Waals surface area (Å²) in [6.45, 7) is 0. The van der Waals surface area contributed by atoms with E-state index in [-0.39, 0.29) is 0 Å². The van der Waals surface area contributed by atoms with Crippen molar-refractivity contribution in [1.29, 1.82) is 0 Å². The van der Waals surface area contributed by atoms with Gasteiger partial charge in [0.25, 0.3) is 0 Å². The van der Waals surface area contributed by atoms with Gasteiger partial charge in [-0.1, -0.05) is 127 Å². The summed E-state index contributed by atoms with van der Waals surface area (Å²) in [5.74, 6) is 0.590. The predicted octanol–water partition coefficient (Wildman–Crippen LogP) is 13.4. The number of fused-ring (bicyclic) bond motifs is 5. The Morgan fingerprint density at radius 2 is 1.06 bits per heavy atom. The first-order chi connectivity index (χ1) is 25.3. The lowest BCUT2D eigenvalue weighted by Gasteiger charge is -2.29. The fourth-order valence-corrected chi connectivity index (χ4v) is 7.32. The Bertz CT molecular complexity index is 2850. The summed E-state index contributed by atoms with van der Waals surface area (Å²) in [6, 6.07) is 63.5. The van der Waals surface area contributed by atoms with Crippen molar-refractivity contribution in [2.45, 2.75) is 0 Å². The lowest BCUT2D eigenvalue weighted by atomic mass is 9.95. The summed E-state index contributed by atoms with van der Waals surface area (Å²) in [7, 11) is 0. The van der Waals surface area contributed by atoms with Crippen molar-refractivity contribution in [2.75, 3.05) is 4.90 Å². The molecule has 0 spiro atoms. The monoisotopic (exact) mass is 654 g/mol. The molecule has 0 amide bonds. The standard InChI is InChI=1S/C47H30N2O2/c1-3-13-31(14-4-1)32-25-27-35(28-26-32)49(41-22-10-9-20-38(41)37-21-11-18-33-15-7-8-19-36(33)37)42-23-12-24-43-46(42)39-29-45-40(30-44(39)50-43)48-47(51-45)34-16-5-2-6-17-34/h1-30H. The highest BCUT2D eigenvalue weighted by Gasteiger charge is 2.23. The zero-order chi connectivity index (χ0) is 33.7. The van der Waals surface area contributed by atoms with Gasteiger partial charge < -0.3 is 13.7 Å². The molecule has 240 valence electrons. The summed E-state index contributed by atoms with van der Waals surface area (Å²) in [5, 5.41) is 4.39. The second-order valence-corrected chi connectivity index (χ2v) is 12.7. The van der Waals surface area contributed by atoms with Crippen molar-refractivity contribution >= 4 is 60.9 Å². The van der Waals surface area contributed by atoms with E-state index >= 15 is 0 Å². The van der Waals surface area contributed by atoms with Gasteiger partial charge in [0, 0.05) is 28.3 Å². The van der Waals surface area contributed by atoms with Crippen LogP contribution in [0.25, 0.3) is 77.5 Å². The topological polar surface area (TPSA) is 42.4 Å². The number of hydrogen-bond donors (Lipinski definition) is 0. The van der Waals surface area contributed by atoms with Crippen molar-refractivity contribution < 1.29 is 8.83 Å². The second-order valence-electron chi connectivity index (χ2n) is 12.7. The van der Waals surface area contributed by atoms with Crippen LogP contribution in [-0.2, 0) is 0 Å². The molecule has 10 aromatic rings. The maximum absolute atomic E-state index is 6.58. The molecule has 0 unspecified atom stereocenters. The second kappa shape index (κ2) is 11.9. The molecule has 0 aliphatic carbocycles. The minimum absolute atomic E-state index is 0.590. The predicted molar refractivity (Wildman–Crippen MR) is 210 cm³/mol. The minimum atomic E-state index is 0.590. The van der Waals surface area contributed by atoms with Gasteiger partial charge in [-0.15, -0.1) is 0 Å². The first kappa shape index (κ1) is 29.0. The molecule has 2 heterocycles. The quantitative estimate of drug-likeness (QED) is 0.179. The number of para-hydroxylation sites is 1. The number of hydrogen-bond acceptors (Lipinski definition) is 4. The van der Waals surface area contributed by atoms with Crippen molar-refractivity contribution in [2.24, 2.45) is 0 Å². The number of nitrogens with zero attached hydrogens (tertiary/aromatic N) is 2. The van der Waals surface area contributed by atoms with Crippen LogP contribution in [0.2, 0.25) is 0 Å². The molecule has 8 aromatic carbocycles. The summed E-state index contributed by atoms with van der Waals surface area (Å²) in [5.41, 5.74) is 11.7. The molecule has 0 fully saturated rings. The Hall–Kier alpha value is -6.91. The molecule has 0 bridgehead atoms. The number of aromatic nitrogens is 1. The molecule has 2 aromatic heterocycles. The van der Waals surface area contributed by atoms with Crippen molar-refractivity contribution in [1.82, 2.24) is 4.98 Å². The maximum atomic E-state index is 6.58. The Kier molecular flexibility index (Phi) is 6.78. The van der Waals surface area contributed by atoms with Crippen LogP contribution in [-0.4, -0.2) is 4.98 Å². The summed E-state index contributed by atoms with van der Waals surface area (Å²) >= 11 is 0. The van der Waals surface area contributed by atoms with Crippen LogP contribution < -0.4 is 4.90 Å². The Morgan fingerprint density at radius 3 is 1.90 bits per heavy atom. The average Bonchev–Trinajstić information content (AvgIpc) is 3.79. The zero-order valence-corrected chi connectivity index (χ0v) is 27.5. The van der Waals surface area contributed by atoms with Gasteiger partial charge >= 0.3 is 0 Å². The van der Waals surface area contributed by atoms with Gasteiger partial charge in [0.05, 0.1) is 16.8 Å². The van der Waals surface area contributed by atoms with Crippen molar-refractivity contribution in [3.63, 3.8) is 0 Å². The number of benzene rings is 8. The highest BCUT2D eigenvalue weighted by Crippen LogP contribution is 2.47. The average molecular weight is 655 g/mol. The highest BCUT2D eigenvalue weighted by molar-refractivity contribution is 6.16. The zero-order valence-electron chi connectivity index (χ0n) is 27.5. The van der Waals surface area contributed by atoms with Gasteiger partial charge in [-0.2, -0.15) is 0 Å². The molecule has 4 nitrogen and oxygen atoms in total. The van der Waals surface area contributed by atoms with Gasteiger partial charge in [-0.3, -0.25) is 0 Å². The van der Waals surface area contributed by atoms with Gasteiger partial charge in [-0.05, 0) is 76.0 Å². The first-order valence-electron chi connectivity index (χ1n) is 17.1. The van der Waals surface area contributed by atoms with Gasteiger partial charge in [-0.25, -0.2) is 4.98 Å². The third kappa shape index (κ3) is 4.96. The molecule has 0 saturated heterocycles. The van der Waals surface area contributed by atoms with Crippen LogP contribution in [0.3, 0.4) is 0 Å². The summed E-state index contributed by atoms with van der Waals surface area (Å²) in [6.07, 6.45) is 0. The van der Waals surface area contributed by atoms with Gasteiger partial charge in [0.1, 0.15) is 16.7 Å². The van der Waals surface area contributed by atoms with E-state index in [0.29, 0.717) is 11.5 Å². The molecule has 0 aliphatic rings. The molecule has 0 aliphatic heterocycles. The van der Waals surface area contributed by atoms with Crippen LogP contribution in [0.4, 0.5) is 17.1 Å². The van der Waals surface area contributed by atoms with Gasteiger partial charge in [0.2, 0.25) is 5.89 Å². The lowest BCUT2D eigenvalue weighted by Crippen LogP contribution is -2.11. The SMILES string of the molecule is c1ccc(-c2ccc(N(c3ccccc3-c3cccc4ccccc34)c3cccc4oc5cc6nc(-c7ccccc7)oc6cc5c34)cc2)cc1. The van der Waals surface area contributed by atoms with E-state index in [9.17, 15) is 0 Å². The molecular weight excluding hydrogens is 625 g/mol. The fourth-order valence-electron chi connectivity index (χ4n) is 7.32. The largest absolute Gasteiger partial charge is 0.456 e. The normalized spacial score (nSPS) is 11.5. The van der Waals surface area contributed by atoms with Crippen LogP contribution in [0, 0.1) is 0 Å². The van der Waals surface area contributed by atoms with E-state index in [1.165, 1.54) is 21.9 Å². The third-order valence-corrected chi connectivity index (χ3v) is 9.70. The maximum Gasteiger partial charge on any atom is 0.227 e. The van der Waals surface area contributed by atoms with Crippen LogP contribution in [0.1, 0.15) is 0 Å². The van der Waals surface area contributed by atoms with E-state index in [1.54, 1.807) is 0 Å². The van der Waals surface area contributed by atoms with E-state index in [4.69, 9.17) is 13.8 Å². The van der Waals surface area contributed by atoms with Crippen molar-refractivity contribution in [3.8, 4) is 33.7 Å².